The normalized spacial score (nSPS) is 15.9. The summed E-state index contributed by atoms with van der Waals surface area (Å²) in [6.07, 6.45) is -0.799. The SMILES string of the molecule is OCCC(CO)CC(O)CCC(O)O. The summed E-state index contributed by atoms with van der Waals surface area (Å²) in [7, 11) is 0. The molecular weight excluding hydrogens is 188 g/mol. The van der Waals surface area contributed by atoms with E-state index in [9.17, 15) is 5.11 Å². The predicted molar refractivity (Wildman–Crippen MR) is 50.4 cm³/mol. The fraction of sp³-hybridized carbons (Fsp3) is 1.00. The zero-order valence-corrected chi connectivity index (χ0v) is 8.21. The smallest absolute Gasteiger partial charge is 0.151 e. The molecule has 14 heavy (non-hydrogen) atoms. The second kappa shape index (κ2) is 8.14. The molecule has 0 saturated carbocycles. The summed E-state index contributed by atoms with van der Waals surface area (Å²) in [6, 6.07) is 0. The Hall–Kier alpha value is -0.200. The van der Waals surface area contributed by atoms with Crippen molar-refractivity contribution < 1.29 is 25.5 Å². The third kappa shape index (κ3) is 7.23. The maximum absolute atomic E-state index is 9.41. The molecule has 0 saturated heterocycles. The Balaban J connectivity index is 3.61. The van der Waals surface area contributed by atoms with E-state index in [1.165, 1.54) is 0 Å². The van der Waals surface area contributed by atoms with Gasteiger partial charge in [-0.05, 0) is 25.2 Å². The highest BCUT2D eigenvalue weighted by Gasteiger charge is 2.14. The van der Waals surface area contributed by atoms with Gasteiger partial charge in [0.05, 0.1) is 6.10 Å². The zero-order valence-electron chi connectivity index (χ0n) is 8.21. The van der Waals surface area contributed by atoms with Crippen LogP contribution in [0.4, 0.5) is 0 Å². The quantitative estimate of drug-likeness (QED) is 0.323. The van der Waals surface area contributed by atoms with Crippen LogP contribution >= 0.6 is 0 Å². The molecule has 5 heteroatoms. The van der Waals surface area contributed by atoms with E-state index in [1.807, 2.05) is 0 Å². The van der Waals surface area contributed by atoms with Gasteiger partial charge in [0.2, 0.25) is 0 Å². The minimum Gasteiger partial charge on any atom is -0.396 e. The highest BCUT2D eigenvalue weighted by Crippen LogP contribution is 2.14. The summed E-state index contributed by atoms with van der Waals surface area (Å²) in [5.41, 5.74) is 0. The fourth-order valence-corrected chi connectivity index (χ4v) is 1.31. The predicted octanol–water partition coefficient (Wildman–Crippen LogP) is -1.18. The van der Waals surface area contributed by atoms with E-state index in [2.05, 4.69) is 0 Å². The molecule has 2 atom stereocenters. The Morgan fingerprint density at radius 1 is 0.857 bits per heavy atom. The third-order valence-electron chi connectivity index (χ3n) is 2.16. The van der Waals surface area contributed by atoms with Gasteiger partial charge >= 0.3 is 0 Å². The molecule has 0 rings (SSSR count). The van der Waals surface area contributed by atoms with Crippen LogP contribution in [-0.2, 0) is 0 Å². The van der Waals surface area contributed by atoms with E-state index in [4.69, 9.17) is 20.4 Å². The van der Waals surface area contributed by atoms with Gasteiger partial charge in [0, 0.05) is 19.6 Å². The van der Waals surface area contributed by atoms with Crippen molar-refractivity contribution in [3.05, 3.63) is 0 Å². The van der Waals surface area contributed by atoms with Crippen LogP contribution in [-0.4, -0.2) is 51.1 Å². The molecule has 0 aliphatic carbocycles. The average Bonchev–Trinajstić information content (AvgIpc) is 2.14. The topological polar surface area (TPSA) is 101 Å². The average molecular weight is 208 g/mol. The standard InChI is InChI=1S/C9H20O5/c10-4-3-7(6-11)5-8(12)1-2-9(13)14/h7-14H,1-6H2. The van der Waals surface area contributed by atoms with Crippen molar-refractivity contribution in [2.24, 2.45) is 5.92 Å². The number of hydrogen-bond donors (Lipinski definition) is 5. The third-order valence-corrected chi connectivity index (χ3v) is 2.16. The maximum Gasteiger partial charge on any atom is 0.151 e. The van der Waals surface area contributed by atoms with Crippen molar-refractivity contribution in [1.82, 2.24) is 0 Å². The highest BCUT2D eigenvalue weighted by atomic mass is 16.5. The van der Waals surface area contributed by atoms with Crippen LogP contribution in [0.2, 0.25) is 0 Å². The fourth-order valence-electron chi connectivity index (χ4n) is 1.31. The molecule has 0 aliphatic rings. The molecule has 0 aliphatic heterocycles. The summed E-state index contributed by atoms with van der Waals surface area (Å²) in [5, 5.41) is 44.0. The van der Waals surface area contributed by atoms with E-state index in [1.54, 1.807) is 0 Å². The Morgan fingerprint density at radius 2 is 1.50 bits per heavy atom. The number of hydrogen-bond acceptors (Lipinski definition) is 5. The van der Waals surface area contributed by atoms with Crippen molar-refractivity contribution in [3.63, 3.8) is 0 Å². The van der Waals surface area contributed by atoms with Crippen LogP contribution in [0.5, 0.6) is 0 Å². The Bertz CT molecular complexity index is 128. The second-order valence-electron chi connectivity index (χ2n) is 3.51. The van der Waals surface area contributed by atoms with Gasteiger partial charge in [0.15, 0.2) is 6.29 Å². The van der Waals surface area contributed by atoms with Gasteiger partial charge in [-0.3, -0.25) is 0 Å². The zero-order chi connectivity index (χ0) is 11.0. The number of aliphatic hydroxyl groups is 5. The van der Waals surface area contributed by atoms with Gasteiger partial charge in [-0.2, -0.15) is 0 Å². The van der Waals surface area contributed by atoms with E-state index < -0.39 is 12.4 Å². The summed E-state index contributed by atoms with van der Waals surface area (Å²) in [5.74, 6) is -0.120. The van der Waals surface area contributed by atoms with Gasteiger partial charge in [0.25, 0.3) is 0 Å². The van der Waals surface area contributed by atoms with Gasteiger partial charge in [0.1, 0.15) is 0 Å². The summed E-state index contributed by atoms with van der Waals surface area (Å²) < 4.78 is 0. The minimum atomic E-state index is -1.39. The molecule has 0 spiro atoms. The van der Waals surface area contributed by atoms with Crippen molar-refractivity contribution in [3.8, 4) is 0 Å². The van der Waals surface area contributed by atoms with E-state index in [0.717, 1.165) is 0 Å². The molecular formula is C9H20O5. The summed E-state index contributed by atoms with van der Waals surface area (Å²) >= 11 is 0. The highest BCUT2D eigenvalue weighted by molar-refractivity contribution is 4.64. The molecule has 5 nitrogen and oxygen atoms in total. The number of aliphatic hydroxyl groups excluding tert-OH is 4. The Morgan fingerprint density at radius 3 is 1.93 bits per heavy atom. The molecule has 0 heterocycles. The molecule has 0 aromatic heterocycles. The molecule has 2 unspecified atom stereocenters. The molecule has 0 aromatic rings. The largest absolute Gasteiger partial charge is 0.396 e. The maximum atomic E-state index is 9.41. The summed E-state index contributed by atoms with van der Waals surface area (Å²) in [6.45, 7) is -0.0835. The monoisotopic (exact) mass is 208 g/mol. The van der Waals surface area contributed by atoms with Crippen LogP contribution < -0.4 is 0 Å². The van der Waals surface area contributed by atoms with Gasteiger partial charge in [-0.25, -0.2) is 0 Å². The van der Waals surface area contributed by atoms with Crippen LogP contribution in [0.15, 0.2) is 0 Å². The molecule has 0 bridgehead atoms. The van der Waals surface area contributed by atoms with Crippen molar-refractivity contribution in [1.29, 1.82) is 0 Å². The first-order valence-corrected chi connectivity index (χ1v) is 4.86. The van der Waals surface area contributed by atoms with Crippen LogP contribution in [0.1, 0.15) is 25.7 Å². The lowest BCUT2D eigenvalue weighted by atomic mass is 9.97. The Labute approximate surface area is 83.6 Å². The minimum absolute atomic E-state index is 0.0133. The molecule has 0 radical (unpaired) electrons. The van der Waals surface area contributed by atoms with Gasteiger partial charge in [-0.15, -0.1) is 0 Å². The van der Waals surface area contributed by atoms with Crippen LogP contribution in [0, 0.1) is 5.92 Å². The van der Waals surface area contributed by atoms with E-state index in [0.29, 0.717) is 19.3 Å². The molecule has 0 fully saturated rings. The first-order chi connectivity index (χ1) is 6.60. The second-order valence-corrected chi connectivity index (χ2v) is 3.51. The first kappa shape index (κ1) is 13.8. The lowest BCUT2D eigenvalue weighted by Crippen LogP contribution is -2.19. The molecule has 0 amide bonds. The lowest BCUT2D eigenvalue weighted by Gasteiger charge is -2.17. The van der Waals surface area contributed by atoms with Crippen LogP contribution in [0.3, 0.4) is 0 Å². The van der Waals surface area contributed by atoms with Crippen molar-refractivity contribution in [2.45, 2.75) is 38.1 Å². The van der Waals surface area contributed by atoms with E-state index in [-0.39, 0.29) is 25.6 Å². The van der Waals surface area contributed by atoms with Crippen molar-refractivity contribution >= 4 is 0 Å². The molecule has 0 aromatic carbocycles. The van der Waals surface area contributed by atoms with E-state index >= 15 is 0 Å². The summed E-state index contributed by atoms with van der Waals surface area (Å²) in [4.78, 5) is 0. The number of rotatable bonds is 8. The first-order valence-electron chi connectivity index (χ1n) is 4.86. The van der Waals surface area contributed by atoms with Crippen LogP contribution in [0.25, 0.3) is 0 Å². The Kier molecular flexibility index (Phi) is 8.02. The van der Waals surface area contributed by atoms with Gasteiger partial charge in [-0.1, -0.05) is 0 Å². The lowest BCUT2D eigenvalue weighted by molar-refractivity contribution is -0.0545. The molecule has 5 N–H and O–H groups in total. The van der Waals surface area contributed by atoms with Gasteiger partial charge < -0.3 is 25.5 Å². The molecule has 86 valence electrons. The van der Waals surface area contributed by atoms with Crippen molar-refractivity contribution in [2.75, 3.05) is 13.2 Å².